The molecule has 20 heavy (non-hydrogen) atoms. The summed E-state index contributed by atoms with van der Waals surface area (Å²) < 4.78 is 2.00. The van der Waals surface area contributed by atoms with E-state index in [1.54, 1.807) is 6.20 Å². The number of hydrogen-bond donors (Lipinski definition) is 0. The van der Waals surface area contributed by atoms with Gasteiger partial charge in [0.2, 0.25) is 5.78 Å². The van der Waals surface area contributed by atoms with Crippen molar-refractivity contribution in [2.24, 2.45) is 0 Å². The van der Waals surface area contributed by atoms with Crippen LogP contribution in [0.2, 0.25) is 0 Å². The molecule has 1 aromatic rings. The fraction of sp³-hybridized carbons (Fsp3) is 0.750. The molecule has 2 rings (SSSR count). The fourth-order valence-electron chi connectivity index (χ4n) is 3.10. The zero-order chi connectivity index (χ0) is 14.6. The molecular weight excluding hydrogens is 250 g/mol. The Balaban J connectivity index is 2.25. The first-order valence-electron chi connectivity index (χ1n) is 7.94. The standard InChI is InChI=1S/C16H27N3O/c1-4-10-18-13-9-17-15(18)14(20)16(3,5-2)19-11-7-6-8-12-19/h9,13H,4-8,10-12H2,1-3H3. The third kappa shape index (κ3) is 2.80. The number of nitrogens with zero attached hydrogens (tertiary/aromatic N) is 3. The maximum Gasteiger partial charge on any atom is 0.218 e. The summed E-state index contributed by atoms with van der Waals surface area (Å²) in [5.41, 5.74) is -0.405. The smallest absolute Gasteiger partial charge is 0.218 e. The van der Waals surface area contributed by atoms with Crippen molar-refractivity contribution >= 4 is 5.78 Å². The number of carbonyl (C=O) groups excluding carboxylic acids is 1. The Labute approximate surface area is 122 Å². The molecule has 1 fully saturated rings. The number of likely N-dealkylation sites (tertiary alicyclic amines) is 1. The molecule has 0 radical (unpaired) electrons. The van der Waals surface area contributed by atoms with Crippen molar-refractivity contribution in [3.8, 4) is 0 Å². The van der Waals surface area contributed by atoms with Gasteiger partial charge in [0.25, 0.3) is 0 Å². The number of piperidine rings is 1. The van der Waals surface area contributed by atoms with Gasteiger partial charge < -0.3 is 4.57 Å². The van der Waals surface area contributed by atoms with E-state index < -0.39 is 5.54 Å². The lowest BCUT2D eigenvalue weighted by Gasteiger charge is -2.41. The van der Waals surface area contributed by atoms with Crippen LogP contribution >= 0.6 is 0 Å². The summed E-state index contributed by atoms with van der Waals surface area (Å²) in [6, 6.07) is 0. The zero-order valence-corrected chi connectivity index (χ0v) is 13.1. The summed E-state index contributed by atoms with van der Waals surface area (Å²) >= 11 is 0. The van der Waals surface area contributed by atoms with E-state index in [0.29, 0.717) is 5.82 Å². The third-order valence-electron chi connectivity index (χ3n) is 4.61. The lowest BCUT2D eigenvalue weighted by molar-refractivity contribution is 0.0490. The molecule has 0 N–H and O–H groups in total. The van der Waals surface area contributed by atoms with E-state index in [1.807, 2.05) is 10.8 Å². The van der Waals surface area contributed by atoms with Gasteiger partial charge in [-0.15, -0.1) is 0 Å². The van der Waals surface area contributed by atoms with E-state index in [4.69, 9.17) is 0 Å². The van der Waals surface area contributed by atoms with Crippen LogP contribution in [0.5, 0.6) is 0 Å². The van der Waals surface area contributed by atoms with E-state index in [2.05, 4.69) is 30.7 Å². The molecule has 112 valence electrons. The Morgan fingerprint density at radius 3 is 2.60 bits per heavy atom. The largest absolute Gasteiger partial charge is 0.328 e. The molecule has 2 heterocycles. The molecule has 0 amide bonds. The van der Waals surface area contributed by atoms with Gasteiger partial charge in [0.15, 0.2) is 5.82 Å². The van der Waals surface area contributed by atoms with Crippen LogP contribution < -0.4 is 0 Å². The van der Waals surface area contributed by atoms with Crippen molar-refractivity contribution in [2.45, 2.75) is 65.0 Å². The molecule has 0 spiro atoms. The Kier molecular flexibility index (Phi) is 4.97. The predicted octanol–water partition coefficient (Wildman–Crippen LogP) is 3.13. The van der Waals surface area contributed by atoms with E-state index >= 15 is 0 Å². The molecule has 1 aliphatic rings. The topological polar surface area (TPSA) is 38.1 Å². The minimum absolute atomic E-state index is 0.181. The molecule has 1 aliphatic heterocycles. The Morgan fingerprint density at radius 2 is 2.00 bits per heavy atom. The number of imidazole rings is 1. The minimum Gasteiger partial charge on any atom is -0.328 e. The molecule has 1 unspecified atom stereocenters. The molecule has 0 aromatic carbocycles. The van der Waals surface area contributed by atoms with Crippen molar-refractivity contribution in [1.29, 1.82) is 0 Å². The van der Waals surface area contributed by atoms with E-state index in [1.165, 1.54) is 19.3 Å². The van der Waals surface area contributed by atoms with Crippen molar-refractivity contribution < 1.29 is 4.79 Å². The van der Waals surface area contributed by atoms with Crippen molar-refractivity contribution in [2.75, 3.05) is 13.1 Å². The van der Waals surface area contributed by atoms with E-state index in [-0.39, 0.29) is 5.78 Å². The summed E-state index contributed by atoms with van der Waals surface area (Å²) in [5, 5.41) is 0. The van der Waals surface area contributed by atoms with Crippen LogP contribution in [0, 0.1) is 0 Å². The Morgan fingerprint density at radius 1 is 1.30 bits per heavy atom. The number of hydrogen-bond acceptors (Lipinski definition) is 3. The van der Waals surface area contributed by atoms with Gasteiger partial charge in [0.05, 0.1) is 5.54 Å². The first-order chi connectivity index (χ1) is 9.63. The maximum atomic E-state index is 13.0. The lowest BCUT2D eigenvalue weighted by Crippen LogP contribution is -2.54. The van der Waals surface area contributed by atoms with Gasteiger partial charge in [0, 0.05) is 18.9 Å². The molecular formula is C16H27N3O. The Bertz CT molecular complexity index is 448. The highest BCUT2D eigenvalue weighted by Gasteiger charge is 2.40. The number of aromatic nitrogens is 2. The molecule has 1 atom stereocenters. The Hall–Kier alpha value is -1.16. The van der Waals surface area contributed by atoms with Gasteiger partial charge in [-0.2, -0.15) is 0 Å². The summed E-state index contributed by atoms with van der Waals surface area (Å²) in [6.07, 6.45) is 9.21. The molecule has 0 bridgehead atoms. The quantitative estimate of drug-likeness (QED) is 0.750. The molecule has 1 saturated heterocycles. The van der Waals surface area contributed by atoms with Gasteiger partial charge in [-0.1, -0.05) is 20.3 Å². The number of rotatable bonds is 6. The number of aryl methyl sites for hydroxylation is 1. The second-order valence-corrected chi connectivity index (χ2v) is 5.95. The second kappa shape index (κ2) is 6.53. The zero-order valence-electron chi connectivity index (χ0n) is 13.1. The lowest BCUT2D eigenvalue weighted by atomic mass is 9.88. The summed E-state index contributed by atoms with van der Waals surface area (Å²) in [6.45, 7) is 9.25. The SMILES string of the molecule is CCCn1ccnc1C(=O)C(C)(CC)N1CCCCC1. The van der Waals surface area contributed by atoms with Crippen molar-refractivity contribution in [3.05, 3.63) is 18.2 Å². The summed E-state index contributed by atoms with van der Waals surface area (Å²) in [4.78, 5) is 19.7. The van der Waals surface area contributed by atoms with Crippen molar-refractivity contribution in [3.63, 3.8) is 0 Å². The summed E-state index contributed by atoms with van der Waals surface area (Å²) in [5.74, 6) is 0.808. The van der Waals surface area contributed by atoms with Gasteiger partial charge >= 0.3 is 0 Å². The maximum absolute atomic E-state index is 13.0. The van der Waals surface area contributed by atoms with E-state index in [0.717, 1.165) is 32.5 Å². The number of carbonyl (C=O) groups is 1. The van der Waals surface area contributed by atoms with Gasteiger partial charge in [-0.25, -0.2) is 4.98 Å². The highest BCUT2D eigenvalue weighted by molar-refractivity contribution is 6.00. The van der Waals surface area contributed by atoms with Gasteiger partial charge in [0.1, 0.15) is 0 Å². The fourth-order valence-corrected chi connectivity index (χ4v) is 3.10. The second-order valence-electron chi connectivity index (χ2n) is 5.95. The van der Waals surface area contributed by atoms with Gasteiger partial charge in [-0.05, 0) is 45.7 Å². The molecule has 0 saturated carbocycles. The predicted molar refractivity (Wildman–Crippen MR) is 81.0 cm³/mol. The van der Waals surface area contributed by atoms with Crippen LogP contribution in [-0.4, -0.2) is 38.9 Å². The van der Waals surface area contributed by atoms with Crippen LogP contribution in [-0.2, 0) is 6.54 Å². The molecule has 1 aromatic heterocycles. The van der Waals surface area contributed by atoms with Crippen LogP contribution in [0.4, 0.5) is 0 Å². The average Bonchev–Trinajstić information content (AvgIpc) is 2.95. The highest BCUT2D eigenvalue weighted by Crippen LogP contribution is 2.27. The normalized spacial score (nSPS) is 19.8. The first kappa shape index (κ1) is 15.2. The highest BCUT2D eigenvalue weighted by atomic mass is 16.1. The van der Waals surface area contributed by atoms with E-state index in [9.17, 15) is 4.79 Å². The molecule has 4 heteroatoms. The molecule has 0 aliphatic carbocycles. The number of ketones is 1. The van der Waals surface area contributed by atoms with Crippen LogP contribution in [0.25, 0.3) is 0 Å². The summed E-state index contributed by atoms with van der Waals surface area (Å²) in [7, 11) is 0. The monoisotopic (exact) mass is 277 g/mol. The van der Waals surface area contributed by atoms with Gasteiger partial charge in [-0.3, -0.25) is 9.69 Å². The average molecular weight is 277 g/mol. The number of Topliss-reactive ketones (excluding diaryl/α,β-unsaturated/α-hetero) is 1. The molecule has 4 nitrogen and oxygen atoms in total. The third-order valence-corrected chi connectivity index (χ3v) is 4.61. The van der Waals surface area contributed by atoms with Crippen LogP contribution in [0.3, 0.4) is 0 Å². The first-order valence-corrected chi connectivity index (χ1v) is 7.94. The van der Waals surface area contributed by atoms with Crippen LogP contribution in [0.15, 0.2) is 12.4 Å². The van der Waals surface area contributed by atoms with Crippen molar-refractivity contribution in [1.82, 2.24) is 14.5 Å². The van der Waals surface area contributed by atoms with Crippen LogP contribution in [0.1, 0.15) is 63.5 Å². The minimum atomic E-state index is -0.405.